The van der Waals surface area contributed by atoms with Crippen LogP contribution in [0, 0.1) is 5.41 Å². The normalized spacial score (nSPS) is 27.0. The summed E-state index contributed by atoms with van der Waals surface area (Å²) in [6.45, 7) is 9.40. The van der Waals surface area contributed by atoms with E-state index in [2.05, 4.69) is 4.90 Å². The average molecular weight is 219 g/mol. The smallest absolute Gasteiger partial charge is 0.270 e. The van der Waals surface area contributed by atoms with Crippen molar-refractivity contribution in [3.63, 3.8) is 0 Å². The molecule has 1 heterocycles. The Kier molecular flexibility index (Phi) is 6.03. The fourth-order valence-corrected chi connectivity index (χ4v) is 2.02. The summed E-state index contributed by atoms with van der Waals surface area (Å²) in [4.78, 5) is 2.12. The third-order valence-corrected chi connectivity index (χ3v) is 3.10. The second kappa shape index (κ2) is 6.21. The first kappa shape index (κ1) is 14.6. The van der Waals surface area contributed by atoms with Crippen LogP contribution in [0.5, 0.6) is 0 Å². The van der Waals surface area contributed by atoms with E-state index in [9.17, 15) is 8.78 Å². The van der Waals surface area contributed by atoms with Gasteiger partial charge in [0.1, 0.15) is 0 Å². The minimum atomic E-state index is -1.46. The molecular weight excluding hydrogens is 196 g/mol. The van der Waals surface area contributed by atoms with Gasteiger partial charge in [-0.25, -0.2) is 0 Å². The van der Waals surface area contributed by atoms with Crippen molar-refractivity contribution in [2.24, 2.45) is 5.41 Å². The molecule has 0 aromatic heterocycles. The number of hydrogen-bond donors (Lipinski definition) is 0. The summed E-state index contributed by atoms with van der Waals surface area (Å²) in [6, 6.07) is 0. The van der Waals surface area contributed by atoms with E-state index in [4.69, 9.17) is 0 Å². The van der Waals surface area contributed by atoms with Crippen LogP contribution in [-0.2, 0) is 0 Å². The molecule has 0 saturated carbocycles. The molecule has 0 aromatic rings. The van der Waals surface area contributed by atoms with Gasteiger partial charge in [0.05, 0.1) is 0 Å². The molecule has 1 saturated heterocycles. The molecule has 1 atom stereocenters. The second-order valence-corrected chi connectivity index (χ2v) is 4.14. The summed E-state index contributed by atoms with van der Waals surface area (Å²) in [5.74, 6) is 0. The highest BCUT2D eigenvalue weighted by molar-refractivity contribution is 5.17. The van der Waals surface area contributed by atoms with Gasteiger partial charge in [-0.1, -0.05) is 27.7 Å². The Morgan fingerprint density at radius 2 is 1.93 bits per heavy atom. The third-order valence-electron chi connectivity index (χ3n) is 3.10. The molecule has 0 aliphatic carbocycles. The number of hydrogen-bond acceptors (Lipinski definition) is 1. The largest absolute Gasteiger partial charge is 0.305 e. The SMILES string of the molecule is CC.CC[C@]1(C)CN(C)CCC1=C(F)F. The van der Waals surface area contributed by atoms with Crippen molar-refractivity contribution in [3.8, 4) is 0 Å². The summed E-state index contributed by atoms with van der Waals surface area (Å²) in [7, 11) is 1.99. The predicted molar refractivity (Wildman–Crippen MR) is 61.1 cm³/mol. The molecule has 3 heteroatoms. The molecule has 0 N–H and O–H groups in total. The molecule has 1 aliphatic rings. The topological polar surface area (TPSA) is 3.24 Å². The molecule has 1 aliphatic heterocycles. The van der Waals surface area contributed by atoms with Gasteiger partial charge in [0.15, 0.2) is 0 Å². The van der Waals surface area contributed by atoms with Crippen molar-refractivity contribution in [1.82, 2.24) is 4.90 Å². The van der Waals surface area contributed by atoms with Gasteiger partial charge in [0.25, 0.3) is 6.08 Å². The van der Waals surface area contributed by atoms with Crippen molar-refractivity contribution in [3.05, 3.63) is 11.7 Å². The van der Waals surface area contributed by atoms with Crippen LogP contribution in [0.15, 0.2) is 11.7 Å². The first-order valence-electron chi connectivity index (χ1n) is 5.73. The van der Waals surface area contributed by atoms with E-state index in [1.807, 2.05) is 34.7 Å². The lowest BCUT2D eigenvalue weighted by atomic mass is 9.76. The molecule has 1 rings (SSSR count). The molecule has 15 heavy (non-hydrogen) atoms. The van der Waals surface area contributed by atoms with Gasteiger partial charge >= 0.3 is 0 Å². The fraction of sp³-hybridized carbons (Fsp3) is 0.833. The standard InChI is InChI=1S/C10H17F2N.C2H6/c1-4-10(2)7-13(3)6-5-8(10)9(11)12;1-2/h4-7H2,1-3H3;1-2H3/t10-;/m1./s1. The lowest BCUT2D eigenvalue weighted by molar-refractivity contribution is 0.166. The van der Waals surface area contributed by atoms with E-state index < -0.39 is 6.08 Å². The predicted octanol–water partition coefficient (Wildman–Crippen LogP) is 3.92. The summed E-state index contributed by atoms with van der Waals surface area (Å²) in [5, 5.41) is 0. The van der Waals surface area contributed by atoms with Gasteiger partial charge in [0.2, 0.25) is 0 Å². The minimum absolute atomic E-state index is 0.314. The lowest BCUT2D eigenvalue weighted by Crippen LogP contribution is -2.40. The molecule has 1 nitrogen and oxygen atoms in total. The zero-order valence-electron chi connectivity index (χ0n) is 10.5. The molecular formula is C12H23F2N. The number of piperidine rings is 1. The summed E-state index contributed by atoms with van der Waals surface area (Å²) in [5.41, 5.74) is 0.0550. The molecule has 0 spiro atoms. The highest BCUT2D eigenvalue weighted by Gasteiger charge is 2.35. The van der Waals surface area contributed by atoms with Crippen molar-refractivity contribution in [1.29, 1.82) is 0 Å². The number of nitrogens with zero attached hydrogens (tertiary/aromatic N) is 1. The summed E-state index contributed by atoms with van der Waals surface area (Å²) in [6.07, 6.45) is -0.162. The highest BCUT2D eigenvalue weighted by Crippen LogP contribution is 2.39. The van der Waals surface area contributed by atoms with Crippen molar-refractivity contribution in [2.75, 3.05) is 20.1 Å². The van der Waals surface area contributed by atoms with Crippen LogP contribution < -0.4 is 0 Å². The van der Waals surface area contributed by atoms with E-state index in [1.54, 1.807) is 0 Å². The van der Waals surface area contributed by atoms with Gasteiger partial charge < -0.3 is 4.90 Å². The molecule has 0 radical (unpaired) electrons. The highest BCUT2D eigenvalue weighted by atomic mass is 19.3. The zero-order valence-corrected chi connectivity index (χ0v) is 10.5. The quantitative estimate of drug-likeness (QED) is 0.646. The zero-order chi connectivity index (χ0) is 12.1. The Hall–Kier alpha value is -0.440. The fourth-order valence-electron chi connectivity index (χ4n) is 2.02. The maximum Gasteiger partial charge on any atom is 0.270 e. The Labute approximate surface area is 92.2 Å². The molecule has 0 bridgehead atoms. The van der Waals surface area contributed by atoms with Crippen LogP contribution in [0.2, 0.25) is 0 Å². The van der Waals surface area contributed by atoms with Gasteiger partial charge in [0, 0.05) is 24.1 Å². The molecule has 1 fully saturated rings. The first-order valence-corrected chi connectivity index (χ1v) is 5.73. The van der Waals surface area contributed by atoms with E-state index in [0.29, 0.717) is 12.0 Å². The van der Waals surface area contributed by atoms with Gasteiger partial charge in [-0.2, -0.15) is 8.78 Å². The van der Waals surface area contributed by atoms with Crippen LogP contribution in [0.4, 0.5) is 8.78 Å². The Bertz CT molecular complexity index is 222. The van der Waals surface area contributed by atoms with Gasteiger partial charge in [-0.15, -0.1) is 0 Å². The van der Waals surface area contributed by atoms with Gasteiger partial charge in [-0.3, -0.25) is 0 Å². The average Bonchev–Trinajstić information content (AvgIpc) is 2.20. The summed E-state index contributed by atoms with van der Waals surface area (Å²) < 4.78 is 25.2. The molecule has 90 valence electrons. The summed E-state index contributed by atoms with van der Waals surface area (Å²) >= 11 is 0. The van der Waals surface area contributed by atoms with E-state index in [0.717, 1.165) is 19.5 Å². The van der Waals surface area contributed by atoms with Gasteiger partial charge in [-0.05, 0) is 19.9 Å². The van der Waals surface area contributed by atoms with Crippen LogP contribution in [0.3, 0.4) is 0 Å². The van der Waals surface area contributed by atoms with Crippen molar-refractivity contribution < 1.29 is 8.78 Å². The first-order chi connectivity index (χ1) is 6.99. The molecule has 0 amide bonds. The lowest BCUT2D eigenvalue weighted by Gasteiger charge is -2.39. The third kappa shape index (κ3) is 3.56. The minimum Gasteiger partial charge on any atom is -0.305 e. The van der Waals surface area contributed by atoms with Crippen molar-refractivity contribution >= 4 is 0 Å². The maximum absolute atomic E-state index is 12.6. The molecule has 0 aromatic carbocycles. The number of likely N-dealkylation sites (tertiary alicyclic amines) is 1. The monoisotopic (exact) mass is 219 g/mol. The van der Waals surface area contributed by atoms with E-state index in [-0.39, 0.29) is 5.41 Å². The number of rotatable bonds is 1. The van der Waals surface area contributed by atoms with E-state index >= 15 is 0 Å². The Morgan fingerprint density at radius 1 is 1.40 bits per heavy atom. The van der Waals surface area contributed by atoms with Crippen LogP contribution in [0.25, 0.3) is 0 Å². The van der Waals surface area contributed by atoms with Crippen molar-refractivity contribution in [2.45, 2.75) is 40.5 Å². The van der Waals surface area contributed by atoms with Crippen LogP contribution in [-0.4, -0.2) is 25.0 Å². The molecule has 0 unspecified atom stereocenters. The maximum atomic E-state index is 12.6. The van der Waals surface area contributed by atoms with Crippen LogP contribution >= 0.6 is 0 Å². The second-order valence-electron chi connectivity index (χ2n) is 4.14. The number of halogens is 2. The Balaban J connectivity index is 0.000000921. The Morgan fingerprint density at radius 3 is 2.33 bits per heavy atom. The van der Waals surface area contributed by atoms with Crippen LogP contribution in [0.1, 0.15) is 40.5 Å². The van der Waals surface area contributed by atoms with E-state index in [1.165, 1.54) is 0 Å².